The highest BCUT2D eigenvalue weighted by Crippen LogP contribution is 2.27. The Hall–Kier alpha value is -3.03. The SMILES string of the molecule is O=C(NCc1ncc[nH]1)Nc1cccc(C(=O)O)c1O. The maximum atomic E-state index is 11.6. The third-order valence-electron chi connectivity index (χ3n) is 2.49. The Kier molecular flexibility index (Phi) is 3.85. The van der Waals surface area contributed by atoms with E-state index in [1.54, 1.807) is 12.4 Å². The molecule has 1 heterocycles. The maximum Gasteiger partial charge on any atom is 0.339 e. The number of anilines is 1. The Balaban J connectivity index is 2.01. The molecule has 8 heteroatoms. The number of aromatic carboxylic acids is 1. The van der Waals surface area contributed by atoms with Crippen molar-refractivity contribution in [3.05, 3.63) is 42.0 Å². The van der Waals surface area contributed by atoms with E-state index >= 15 is 0 Å². The number of H-pyrrole nitrogens is 1. The third kappa shape index (κ3) is 3.05. The number of imidazole rings is 1. The second kappa shape index (κ2) is 5.74. The number of rotatable bonds is 4. The fourth-order valence-electron chi connectivity index (χ4n) is 1.54. The van der Waals surface area contributed by atoms with Gasteiger partial charge in [-0.2, -0.15) is 0 Å². The third-order valence-corrected chi connectivity index (χ3v) is 2.49. The number of hydrogen-bond donors (Lipinski definition) is 5. The molecule has 0 saturated carbocycles. The van der Waals surface area contributed by atoms with Crippen LogP contribution < -0.4 is 10.6 Å². The molecule has 0 unspecified atom stereocenters. The smallest absolute Gasteiger partial charge is 0.339 e. The molecule has 0 aliphatic heterocycles. The van der Waals surface area contributed by atoms with Crippen molar-refractivity contribution >= 4 is 17.7 Å². The zero-order valence-electron chi connectivity index (χ0n) is 10.3. The number of carboxylic acids is 1. The summed E-state index contributed by atoms with van der Waals surface area (Å²) in [6, 6.07) is 3.47. The molecular weight excluding hydrogens is 264 g/mol. The number of aromatic amines is 1. The van der Waals surface area contributed by atoms with Crippen LogP contribution in [0.15, 0.2) is 30.6 Å². The molecule has 5 N–H and O–H groups in total. The van der Waals surface area contributed by atoms with Gasteiger partial charge in [0.05, 0.1) is 12.2 Å². The number of carbonyl (C=O) groups is 2. The molecule has 0 bridgehead atoms. The summed E-state index contributed by atoms with van der Waals surface area (Å²) in [6.45, 7) is 0.179. The summed E-state index contributed by atoms with van der Waals surface area (Å²) in [5.74, 6) is -1.20. The summed E-state index contributed by atoms with van der Waals surface area (Å²) in [4.78, 5) is 29.2. The molecular formula is C12H12N4O4. The first-order valence-corrected chi connectivity index (χ1v) is 5.66. The van der Waals surface area contributed by atoms with E-state index in [1.807, 2.05) is 0 Å². The zero-order valence-corrected chi connectivity index (χ0v) is 10.3. The van der Waals surface area contributed by atoms with Gasteiger partial charge >= 0.3 is 12.0 Å². The van der Waals surface area contributed by atoms with Crippen LogP contribution >= 0.6 is 0 Å². The Morgan fingerprint density at radius 3 is 2.80 bits per heavy atom. The quantitative estimate of drug-likeness (QED) is 0.535. The number of nitrogens with zero attached hydrogens (tertiary/aromatic N) is 1. The number of para-hydroxylation sites is 1. The van der Waals surface area contributed by atoms with Crippen molar-refractivity contribution in [3.63, 3.8) is 0 Å². The van der Waals surface area contributed by atoms with E-state index in [0.29, 0.717) is 5.82 Å². The number of carbonyl (C=O) groups excluding carboxylic acids is 1. The largest absolute Gasteiger partial charge is 0.505 e. The molecule has 0 fully saturated rings. The van der Waals surface area contributed by atoms with Crippen LogP contribution in [-0.2, 0) is 6.54 Å². The second-order valence-electron chi connectivity index (χ2n) is 3.85. The highest BCUT2D eigenvalue weighted by molar-refractivity contribution is 5.97. The molecule has 0 atom stereocenters. The number of urea groups is 1. The Bertz CT molecular complexity index is 624. The maximum absolute atomic E-state index is 11.6. The average molecular weight is 276 g/mol. The van der Waals surface area contributed by atoms with Gasteiger partial charge in [-0.05, 0) is 12.1 Å². The number of carboxylic acid groups (broad SMARTS) is 1. The van der Waals surface area contributed by atoms with Crippen LogP contribution in [0.4, 0.5) is 10.5 Å². The van der Waals surface area contributed by atoms with Gasteiger partial charge in [0.1, 0.15) is 11.4 Å². The summed E-state index contributed by atoms with van der Waals surface area (Å²) >= 11 is 0. The Morgan fingerprint density at radius 1 is 1.35 bits per heavy atom. The monoisotopic (exact) mass is 276 g/mol. The predicted octanol–water partition coefficient (Wildman–Crippen LogP) is 1.14. The molecule has 0 saturated heterocycles. The van der Waals surface area contributed by atoms with E-state index in [9.17, 15) is 14.7 Å². The minimum atomic E-state index is -1.28. The number of benzene rings is 1. The lowest BCUT2D eigenvalue weighted by Gasteiger charge is -2.09. The number of hydrogen-bond acceptors (Lipinski definition) is 4. The van der Waals surface area contributed by atoms with Crippen molar-refractivity contribution in [2.45, 2.75) is 6.54 Å². The zero-order chi connectivity index (χ0) is 14.5. The minimum Gasteiger partial charge on any atom is -0.505 e. The number of nitrogens with one attached hydrogen (secondary N) is 3. The van der Waals surface area contributed by atoms with Crippen molar-refractivity contribution in [3.8, 4) is 5.75 Å². The fourth-order valence-corrected chi connectivity index (χ4v) is 1.54. The predicted molar refractivity (Wildman–Crippen MR) is 69.5 cm³/mol. The van der Waals surface area contributed by atoms with Gasteiger partial charge in [0, 0.05) is 12.4 Å². The summed E-state index contributed by atoms with van der Waals surface area (Å²) in [7, 11) is 0. The van der Waals surface area contributed by atoms with Gasteiger partial charge < -0.3 is 25.8 Å². The van der Waals surface area contributed by atoms with Crippen molar-refractivity contribution in [2.24, 2.45) is 0 Å². The van der Waals surface area contributed by atoms with Gasteiger partial charge in [-0.25, -0.2) is 14.6 Å². The van der Waals surface area contributed by atoms with Gasteiger partial charge in [0.25, 0.3) is 0 Å². The molecule has 2 aromatic rings. The van der Waals surface area contributed by atoms with Crippen molar-refractivity contribution < 1.29 is 19.8 Å². The lowest BCUT2D eigenvalue weighted by Crippen LogP contribution is -2.28. The number of phenols is 1. The van der Waals surface area contributed by atoms with E-state index in [1.165, 1.54) is 18.2 Å². The Labute approximate surface area is 113 Å². The van der Waals surface area contributed by atoms with Gasteiger partial charge in [0.2, 0.25) is 0 Å². The molecule has 0 aliphatic carbocycles. The van der Waals surface area contributed by atoms with Crippen LogP contribution in [0.5, 0.6) is 5.75 Å². The van der Waals surface area contributed by atoms with Crippen LogP contribution in [0.1, 0.15) is 16.2 Å². The number of aromatic hydroxyl groups is 1. The lowest BCUT2D eigenvalue weighted by atomic mass is 10.2. The van der Waals surface area contributed by atoms with E-state index < -0.39 is 17.7 Å². The van der Waals surface area contributed by atoms with Crippen LogP contribution in [-0.4, -0.2) is 32.2 Å². The molecule has 0 aliphatic rings. The molecule has 2 rings (SSSR count). The van der Waals surface area contributed by atoms with Crippen molar-refractivity contribution in [2.75, 3.05) is 5.32 Å². The first-order chi connectivity index (χ1) is 9.58. The lowest BCUT2D eigenvalue weighted by molar-refractivity contribution is 0.0694. The fraction of sp³-hybridized carbons (Fsp3) is 0.0833. The molecule has 104 valence electrons. The van der Waals surface area contributed by atoms with E-state index in [2.05, 4.69) is 20.6 Å². The highest BCUT2D eigenvalue weighted by atomic mass is 16.4. The topological polar surface area (TPSA) is 127 Å². The average Bonchev–Trinajstić information content (AvgIpc) is 2.91. The van der Waals surface area contributed by atoms with Gasteiger partial charge in [-0.3, -0.25) is 0 Å². The van der Waals surface area contributed by atoms with Crippen LogP contribution in [0.3, 0.4) is 0 Å². The first kappa shape index (κ1) is 13.4. The van der Waals surface area contributed by atoms with E-state index in [4.69, 9.17) is 5.11 Å². The van der Waals surface area contributed by atoms with Crippen LogP contribution in [0.2, 0.25) is 0 Å². The summed E-state index contributed by atoms with van der Waals surface area (Å²) < 4.78 is 0. The Morgan fingerprint density at radius 2 is 2.15 bits per heavy atom. The summed E-state index contributed by atoms with van der Waals surface area (Å²) in [6.07, 6.45) is 3.17. The standard InChI is InChI=1S/C12H12N4O4/c17-10-7(11(18)19)2-1-3-8(10)16-12(20)15-6-9-13-4-5-14-9/h1-5,17H,6H2,(H,13,14)(H,18,19)(H2,15,16,20). The van der Waals surface area contributed by atoms with E-state index in [-0.39, 0.29) is 17.8 Å². The van der Waals surface area contributed by atoms with Crippen LogP contribution in [0, 0.1) is 0 Å². The van der Waals surface area contributed by atoms with Crippen molar-refractivity contribution in [1.29, 1.82) is 0 Å². The number of amides is 2. The molecule has 0 spiro atoms. The molecule has 2 amide bonds. The van der Waals surface area contributed by atoms with E-state index in [0.717, 1.165) is 0 Å². The highest BCUT2D eigenvalue weighted by Gasteiger charge is 2.14. The van der Waals surface area contributed by atoms with Crippen LogP contribution in [0.25, 0.3) is 0 Å². The second-order valence-corrected chi connectivity index (χ2v) is 3.85. The first-order valence-electron chi connectivity index (χ1n) is 5.66. The summed E-state index contributed by atoms with van der Waals surface area (Å²) in [5, 5.41) is 23.4. The summed E-state index contributed by atoms with van der Waals surface area (Å²) in [5.41, 5.74) is -0.268. The molecule has 20 heavy (non-hydrogen) atoms. The molecule has 1 aromatic heterocycles. The van der Waals surface area contributed by atoms with Gasteiger partial charge in [-0.15, -0.1) is 0 Å². The molecule has 8 nitrogen and oxygen atoms in total. The van der Waals surface area contributed by atoms with Gasteiger partial charge in [0.15, 0.2) is 5.75 Å². The molecule has 1 aromatic carbocycles. The normalized spacial score (nSPS) is 10.0. The van der Waals surface area contributed by atoms with Crippen molar-refractivity contribution in [1.82, 2.24) is 15.3 Å². The minimum absolute atomic E-state index is 0.0156. The number of aromatic nitrogens is 2. The molecule has 0 radical (unpaired) electrons. The van der Waals surface area contributed by atoms with Gasteiger partial charge in [-0.1, -0.05) is 6.07 Å².